The van der Waals surface area contributed by atoms with E-state index in [0.717, 1.165) is 46.8 Å². The summed E-state index contributed by atoms with van der Waals surface area (Å²) in [5.41, 5.74) is 14.1. The first-order chi connectivity index (χ1) is 24.3. The Hall–Kier alpha value is -3.13. The fourth-order valence-corrected chi connectivity index (χ4v) is 11.9. The fourth-order valence-electron chi connectivity index (χ4n) is 11.9. The van der Waals surface area contributed by atoms with Crippen molar-refractivity contribution >= 4 is 10.9 Å². The molecule has 8 aliphatic carbocycles. The van der Waals surface area contributed by atoms with Crippen molar-refractivity contribution in [3.63, 3.8) is 0 Å². The van der Waals surface area contributed by atoms with Gasteiger partial charge in [-0.25, -0.2) is 0 Å². The van der Waals surface area contributed by atoms with Crippen LogP contribution < -0.4 is 0 Å². The summed E-state index contributed by atoms with van der Waals surface area (Å²) in [5, 5.41) is 1.47. The van der Waals surface area contributed by atoms with Crippen LogP contribution in [0.4, 0.5) is 0 Å². The van der Waals surface area contributed by atoms with Gasteiger partial charge >= 0.3 is 0 Å². The molecule has 2 aromatic heterocycles. The van der Waals surface area contributed by atoms with Gasteiger partial charge in [0.05, 0.1) is 5.52 Å². The molecule has 0 aliphatic heterocycles. The van der Waals surface area contributed by atoms with Crippen LogP contribution in [-0.2, 0) is 25.5 Å². The van der Waals surface area contributed by atoms with Crippen LogP contribution in [0.1, 0.15) is 136 Å². The molecule has 3 heteroatoms. The number of fused-ring (bicyclic) bond motifs is 1. The van der Waals surface area contributed by atoms with E-state index in [4.69, 9.17) is 4.98 Å². The van der Waals surface area contributed by atoms with Gasteiger partial charge in [-0.05, 0) is 145 Å². The van der Waals surface area contributed by atoms with Gasteiger partial charge < -0.3 is 4.98 Å². The van der Waals surface area contributed by atoms with Crippen LogP contribution >= 0.6 is 0 Å². The predicted octanol–water partition coefficient (Wildman–Crippen LogP) is 12.3. The van der Waals surface area contributed by atoms with Crippen LogP contribution in [0.3, 0.4) is 0 Å². The molecular weight excluding hydrogens is 797 g/mol. The first kappa shape index (κ1) is 33.7. The van der Waals surface area contributed by atoms with Crippen LogP contribution in [0.5, 0.6) is 0 Å². The van der Waals surface area contributed by atoms with Crippen molar-refractivity contribution in [2.45, 2.75) is 114 Å². The third-order valence-corrected chi connectivity index (χ3v) is 13.8. The van der Waals surface area contributed by atoms with Crippen molar-refractivity contribution in [1.29, 1.82) is 0 Å². The standard InChI is InChI=1S/C37H42N.C11H8N.Ir/c1-37(2,3)29-5-7-33-32(19-29)34-27-14-22-9-23(15-27)17-28(16-22)35(34)36(38-33)24-4-6-30-25-10-20-8-21(11-25)13-26(12-20)31(30)18-24;1-2-6-10(7-3-1)11-8-4-5-9-12-11;/h5-7,18-23,25-28H,8-17H2,1-3H3;1-6,8-9H;/q2*-1;. The largest absolute Gasteiger partial charge is 0.305 e. The number of aromatic nitrogens is 2. The summed E-state index contributed by atoms with van der Waals surface area (Å²) in [7, 11) is 0. The van der Waals surface area contributed by atoms with Gasteiger partial charge in [-0.15, -0.1) is 70.8 Å². The maximum atomic E-state index is 5.57. The average molecular weight is 847 g/mol. The Bertz CT molecular complexity index is 2000. The van der Waals surface area contributed by atoms with Crippen molar-refractivity contribution in [1.82, 2.24) is 9.97 Å². The van der Waals surface area contributed by atoms with Gasteiger partial charge in [0.15, 0.2) is 0 Å². The Kier molecular flexibility index (Phi) is 8.63. The van der Waals surface area contributed by atoms with Crippen LogP contribution in [0.15, 0.2) is 79.0 Å². The average Bonchev–Trinajstić information content (AvgIpc) is 3.41. The van der Waals surface area contributed by atoms with E-state index in [1.807, 2.05) is 42.5 Å². The SMILES string of the molecule is CC(C)(C)c1ccc2nc(-c3[c-]cc4c(c3)C3CC5CC(CC4C5)C3)c3c(c2c1)C1CC2CC(CC3C2)C1.[Ir].[c-]1ccccc1-c1ccccn1. The van der Waals surface area contributed by atoms with Crippen LogP contribution in [-0.4, -0.2) is 9.97 Å². The molecule has 3 aromatic carbocycles. The van der Waals surface area contributed by atoms with E-state index in [9.17, 15) is 0 Å². The summed E-state index contributed by atoms with van der Waals surface area (Å²) in [6, 6.07) is 33.0. The van der Waals surface area contributed by atoms with E-state index in [0.29, 0.717) is 11.8 Å². The molecule has 0 N–H and O–H groups in total. The quantitative estimate of drug-likeness (QED) is 0.165. The Morgan fingerprint density at radius 2 is 1.25 bits per heavy atom. The fraction of sp³-hybridized carbons (Fsp3) is 0.458. The van der Waals surface area contributed by atoms with Crippen LogP contribution in [0.25, 0.3) is 33.4 Å². The van der Waals surface area contributed by atoms with E-state index in [1.54, 1.807) is 28.5 Å². The van der Waals surface area contributed by atoms with Crippen molar-refractivity contribution < 1.29 is 20.1 Å². The Morgan fingerprint density at radius 3 is 1.88 bits per heavy atom. The van der Waals surface area contributed by atoms with E-state index in [2.05, 4.69) is 68.2 Å². The molecule has 2 heterocycles. The number of rotatable bonds is 2. The molecule has 8 bridgehead atoms. The summed E-state index contributed by atoms with van der Waals surface area (Å²) < 4.78 is 0. The maximum absolute atomic E-state index is 5.57. The molecule has 1 radical (unpaired) electrons. The minimum absolute atomic E-state index is 0. The second kappa shape index (κ2) is 13.1. The number of hydrogen-bond donors (Lipinski definition) is 0. The molecule has 4 unspecified atom stereocenters. The topological polar surface area (TPSA) is 25.8 Å². The molecule has 0 saturated heterocycles. The molecule has 8 aliphatic rings. The van der Waals surface area contributed by atoms with E-state index < -0.39 is 0 Å². The maximum Gasteiger partial charge on any atom is 0.0598 e. The molecule has 4 atom stereocenters. The normalized spacial score (nSPS) is 29.3. The van der Waals surface area contributed by atoms with Gasteiger partial charge in [-0.1, -0.05) is 57.4 Å². The molecule has 4 fully saturated rings. The molecule has 0 amide bonds. The zero-order valence-corrected chi connectivity index (χ0v) is 32.8. The van der Waals surface area contributed by atoms with Gasteiger partial charge in [-0.3, -0.25) is 4.98 Å². The first-order valence-electron chi connectivity index (χ1n) is 19.8. The van der Waals surface area contributed by atoms with Crippen LogP contribution in [0.2, 0.25) is 0 Å². The van der Waals surface area contributed by atoms with Crippen LogP contribution in [0, 0.1) is 35.8 Å². The van der Waals surface area contributed by atoms with Gasteiger partial charge in [0.1, 0.15) is 0 Å². The summed E-state index contributed by atoms with van der Waals surface area (Å²) >= 11 is 0. The van der Waals surface area contributed by atoms with Gasteiger partial charge in [0.2, 0.25) is 0 Å². The minimum atomic E-state index is 0. The molecule has 5 aromatic rings. The number of hydrogen-bond acceptors (Lipinski definition) is 2. The Morgan fingerprint density at radius 1 is 0.608 bits per heavy atom. The summed E-state index contributed by atoms with van der Waals surface area (Å²) in [4.78, 5) is 9.79. The summed E-state index contributed by atoms with van der Waals surface area (Å²) in [6.07, 6.45) is 16.1. The molecular formula is C48H50IrN2-2. The van der Waals surface area contributed by atoms with E-state index in [1.165, 1.54) is 91.9 Å². The second-order valence-electron chi connectivity index (χ2n) is 18.1. The third kappa shape index (κ3) is 6.05. The zero-order chi connectivity index (χ0) is 33.6. The molecule has 2 nitrogen and oxygen atoms in total. The Labute approximate surface area is 318 Å². The van der Waals surface area contributed by atoms with Gasteiger partial charge in [0, 0.05) is 31.7 Å². The Balaban J connectivity index is 0.000000228. The zero-order valence-electron chi connectivity index (χ0n) is 30.4. The molecule has 13 rings (SSSR count). The van der Waals surface area contributed by atoms with Crippen molar-refractivity contribution in [2.75, 3.05) is 0 Å². The molecule has 4 saturated carbocycles. The molecule has 51 heavy (non-hydrogen) atoms. The first-order valence-corrected chi connectivity index (χ1v) is 19.8. The van der Waals surface area contributed by atoms with Crippen molar-refractivity contribution in [3.05, 3.63) is 119 Å². The monoisotopic (exact) mass is 847 g/mol. The second-order valence-corrected chi connectivity index (χ2v) is 18.1. The van der Waals surface area contributed by atoms with Gasteiger partial charge in [-0.2, -0.15) is 0 Å². The summed E-state index contributed by atoms with van der Waals surface area (Å²) in [6.45, 7) is 7.06. The number of nitrogens with zero attached hydrogens (tertiary/aromatic N) is 2. The molecule has 0 spiro atoms. The predicted molar refractivity (Wildman–Crippen MR) is 204 cm³/mol. The van der Waals surface area contributed by atoms with Crippen molar-refractivity contribution in [3.8, 4) is 22.5 Å². The third-order valence-electron chi connectivity index (χ3n) is 13.8. The minimum Gasteiger partial charge on any atom is -0.305 e. The molecule has 263 valence electrons. The van der Waals surface area contributed by atoms with Crippen molar-refractivity contribution in [2.24, 2.45) is 23.7 Å². The summed E-state index contributed by atoms with van der Waals surface area (Å²) in [5.74, 6) is 6.72. The van der Waals surface area contributed by atoms with Gasteiger partial charge in [0.25, 0.3) is 0 Å². The van der Waals surface area contributed by atoms with E-state index in [-0.39, 0.29) is 25.5 Å². The number of benzene rings is 3. The smallest absolute Gasteiger partial charge is 0.0598 e. The van der Waals surface area contributed by atoms with E-state index >= 15 is 0 Å². The number of pyridine rings is 2.